The minimum Gasteiger partial charge on any atom is -0.377 e. The first-order valence-electron chi connectivity index (χ1n) is 10.5. The molecule has 2 fully saturated rings. The Morgan fingerprint density at radius 1 is 0.913 bits per heavy atom. The van der Waals surface area contributed by atoms with Crippen molar-refractivity contribution >= 4 is 0 Å². The summed E-state index contributed by atoms with van der Waals surface area (Å²) >= 11 is 0. The van der Waals surface area contributed by atoms with Gasteiger partial charge in [-0.2, -0.15) is 0 Å². The number of unbranched alkanes of at least 4 members (excludes halogenated alkanes) is 2. The molecule has 0 aromatic rings. The number of rotatable bonds is 2. The maximum Gasteiger partial charge on any atom is 0.128 e. The smallest absolute Gasteiger partial charge is 0.128 e. The fourth-order valence-corrected chi connectivity index (χ4v) is 4.19. The number of hydrogen-bond donors (Lipinski definition) is 1. The second kappa shape index (κ2) is 10.4. The minimum atomic E-state index is -0.668. The van der Waals surface area contributed by atoms with E-state index < -0.39 is 5.60 Å². The van der Waals surface area contributed by atoms with Gasteiger partial charge in [0.15, 0.2) is 0 Å². The highest BCUT2D eigenvalue weighted by Crippen LogP contribution is 2.51. The van der Waals surface area contributed by atoms with Crippen LogP contribution in [0.15, 0.2) is 0 Å². The maximum atomic E-state index is 11.2. The van der Waals surface area contributed by atoms with Gasteiger partial charge in [-0.1, -0.05) is 83.5 Å². The van der Waals surface area contributed by atoms with E-state index >= 15 is 0 Å². The van der Waals surface area contributed by atoms with Gasteiger partial charge < -0.3 is 5.11 Å². The standard InChI is InChI=1S/C22H38O/c1-2-3-4-14-17-22(23)18-15-12-10-8-6-5-7-9-11-13-16-20-19-21(20)22/h20-21,23H,2-13,15-16,18-19H2,1H3/t20-,21-,22+/m0/s1. The van der Waals surface area contributed by atoms with Crippen molar-refractivity contribution in [1.82, 2.24) is 0 Å². The van der Waals surface area contributed by atoms with Crippen molar-refractivity contribution in [2.24, 2.45) is 11.8 Å². The molecule has 0 unspecified atom stereocenters. The average molecular weight is 319 g/mol. The molecule has 132 valence electrons. The second-order valence-corrected chi connectivity index (χ2v) is 8.01. The zero-order chi connectivity index (χ0) is 16.4. The van der Waals surface area contributed by atoms with Crippen LogP contribution in [0, 0.1) is 23.7 Å². The van der Waals surface area contributed by atoms with Gasteiger partial charge in [-0.3, -0.25) is 0 Å². The van der Waals surface area contributed by atoms with E-state index in [9.17, 15) is 5.11 Å². The van der Waals surface area contributed by atoms with Crippen molar-refractivity contribution in [3.63, 3.8) is 0 Å². The molecule has 0 heterocycles. The summed E-state index contributed by atoms with van der Waals surface area (Å²) in [5.74, 6) is 7.85. The summed E-state index contributed by atoms with van der Waals surface area (Å²) in [6.45, 7) is 2.21. The Morgan fingerprint density at radius 2 is 1.52 bits per heavy atom. The Balaban J connectivity index is 1.89. The highest BCUT2D eigenvalue weighted by Gasteiger charge is 2.50. The molecule has 2 rings (SSSR count). The molecule has 3 atom stereocenters. The van der Waals surface area contributed by atoms with Crippen LogP contribution in [0.2, 0.25) is 0 Å². The van der Waals surface area contributed by atoms with Gasteiger partial charge in [0.1, 0.15) is 5.60 Å². The van der Waals surface area contributed by atoms with E-state index in [4.69, 9.17) is 0 Å². The van der Waals surface area contributed by atoms with Crippen molar-refractivity contribution in [3.8, 4) is 11.8 Å². The molecule has 0 bridgehead atoms. The Morgan fingerprint density at radius 3 is 2.17 bits per heavy atom. The van der Waals surface area contributed by atoms with Crippen LogP contribution in [-0.2, 0) is 0 Å². The van der Waals surface area contributed by atoms with E-state index in [2.05, 4.69) is 18.8 Å². The number of fused-ring (bicyclic) bond motifs is 1. The van der Waals surface area contributed by atoms with Gasteiger partial charge in [0, 0.05) is 12.3 Å². The normalized spacial score (nSPS) is 33.5. The predicted octanol–water partition coefficient (Wildman–Crippen LogP) is 6.24. The van der Waals surface area contributed by atoms with E-state index in [0.717, 1.165) is 31.6 Å². The Bertz CT molecular complexity index is 377. The number of hydrogen-bond acceptors (Lipinski definition) is 1. The lowest BCUT2D eigenvalue weighted by Gasteiger charge is -2.23. The second-order valence-electron chi connectivity index (χ2n) is 8.01. The summed E-state index contributed by atoms with van der Waals surface area (Å²) in [6, 6.07) is 0. The van der Waals surface area contributed by atoms with Gasteiger partial charge in [0.25, 0.3) is 0 Å². The van der Waals surface area contributed by atoms with Crippen LogP contribution in [0.5, 0.6) is 0 Å². The molecule has 2 aliphatic carbocycles. The van der Waals surface area contributed by atoms with E-state index in [1.807, 2.05) is 0 Å². The van der Waals surface area contributed by atoms with E-state index in [1.54, 1.807) is 0 Å². The van der Waals surface area contributed by atoms with Crippen LogP contribution in [0.25, 0.3) is 0 Å². The van der Waals surface area contributed by atoms with Crippen LogP contribution in [0.4, 0.5) is 0 Å². The first-order valence-corrected chi connectivity index (χ1v) is 10.5. The Labute approximate surface area is 144 Å². The predicted molar refractivity (Wildman–Crippen MR) is 99.3 cm³/mol. The molecule has 1 heteroatoms. The molecule has 1 N–H and O–H groups in total. The van der Waals surface area contributed by atoms with Gasteiger partial charge in [-0.25, -0.2) is 0 Å². The zero-order valence-electron chi connectivity index (χ0n) is 15.4. The lowest BCUT2D eigenvalue weighted by Crippen LogP contribution is -2.30. The van der Waals surface area contributed by atoms with Crippen molar-refractivity contribution in [1.29, 1.82) is 0 Å². The quantitative estimate of drug-likeness (QED) is 0.472. The lowest BCUT2D eigenvalue weighted by molar-refractivity contribution is 0.0591. The summed E-state index contributed by atoms with van der Waals surface area (Å²) in [6.07, 6.45) is 20.4. The van der Waals surface area contributed by atoms with Crippen LogP contribution in [0.1, 0.15) is 110 Å². The van der Waals surface area contributed by atoms with Gasteiger partial charge in [0.2, 0.25) is 0 Å². The van der Waals surface area contributed by atoms with Gasteiger partial charge in [0.05, 0.1) is 0 Å². The third kappa shape index (κ3) is 6.88. The van der Waals surface area contributed by atoms with Crippen molar-refractivity contribution in [3.05, 3.63) is 0 Å². The van der Waals surface area contributed by atoms with Crippen LogP contribution >= 0.6 is 0 Å². The highest BCUT2D eigenvalue weighted by atomic mass is 16.3. The van der Waals surface area contributed by atoms with Gasteiger partial charge in [-0.05, 0) is 31.6 Å². The van der Waals surface area contributed by atoms with Crippen LogP contribution in [0.3, 0.4) is 0 Å². The molecule has 0 aromatic heterocycles. The van der Waals surface area contributed by atoms with Crippen LogP contribution in [-0.4, -0.2) is 10.7 Å². The summed E-state index contributed by atoms with van der Waals surface area (Å²) in [7, 11) is 0. The Hall–Kier alpha value is -0.480. The third-order valence-corrected chi connectivity index (χ3v) is 5.88. The molecular formula is C22H38O. The molecule has 23 heavy (non-hydrogen) atoms. The number of aliphatic hydroxyl groups is 1. The van der Waals surface area contributed by atoms with Gasteiger partial charge >= 0.3 is 0 Å². The molecular weight excluding hydrogens is 280 g/mol. The molecule has 2 saturated carbocycles. The summed E-state index contributed by atoms with van der Waals surface area (Å²) in [4.78, 5) is 0. The SMILES string of the molecule is CCCCC#C[C@@]1(O)CCCCCCCCCCCC[C@H]2C[C@@H]21. The fraction of sp³-hybridized carbons (Fsp3) is 0.909. The maximum absolute atomic E-state index is 11.2. The van der Waals surface area contributed by atoms with E-state index in [0.29, 0.717) is 5.92 Å². The van der Waals surface area contributed by atoms with Crippen molar-refractivity contribution in [2.45, 2.75) is 115 Å². The van der Waals surface area contributed by atoms with Gasteiger partial charge in [-0.15, -0.1) is 5.92 Å². The third-order valence-electron chi connectivity index (χ3n) is 5.88. The topological polar surface area (TPSA) is 20.2 Å². The molecule has 0 aliphatic heterocycles. The monoisotopic (exact) mass is 318 g/mol. The molecule has 0 aromatic carbocycles. The van der Waals surface area contributed by atoms with E-state index in [1.165, 1.54) is 77.0 Å². The van der Waals surface area contributed by atoms with Crippen molar-refractivity contribution in [2.75, 3.05) is 0 Å². The summed E-state index contributed by atoms with van der Waals surface area (Å²) in [5.41, 5.74) is -0.668. The van der Waals surface area contributed by atoms with Crippen molar-refractivity contribution < 1.29 is 5.11 Å². The molecule has 1 nitrogen and oxygen atoms in total. The average Bonchev–Trinajstić information content (AvgIpc) is 3.32. The Kier molecular flexibility index (Phi) is 8.52. The fourth-order valence-electron chi connectivity index (χ4n) is 4.19. The first kappa shape index (κ1) is 18.9. The molecule has 0 amide bonds. The minimum absolute atomic E-state index is 0.474. The largest absolute Gasteiger partial charge is 0.377 e. The lowest BCUT2D eigenvalue weighted by atomic mass is 9.89. The molecule has 0 spiro atoms. The molecule has 2 aliphatic rings. The first-order chi connectivity index (χ1) is 11.3. The highest BCUT2D eigenvalue weighted by molar-refractivity contribution is 5.20. The van der Waals surface area contributed by atoms with Crippen LogP contribution < -0.4 is 0 Å². The molecule has 0 saturated heterocycles. The van der Waals surface area contributed by atoms with E-state index in [-0.39, 0.29) is 0 Å². The summed E-state index contributed by atoms with van der Waals surface area (Å²) < 4.78 is 0. The zero-order valence-corrected chi connectivity index (χ0v) is 15.4. The summed E-state index contributed by atoms with van der Waals surface area (Å²) in [5, 5.41) is 11.2. The molecule has 0 radical (unpaired) electrons.